The fraction of sp³-hybridized carbons (Fsp3) is 0.125. The Kier molecular flexibility index (Phi) is 5.55. The molecule has 0 aromatic heterocycles. The Labute approximate surface area is 144 Å². The first-order chi connectivity index (χ1) is 12.2. The summed E-state index contributed by atoms with van der Waals surface area (Å²) >= 11 is 0. The highest BCUT2D eigenvalue weighted by Crippen LogP contribution is 2.29. The lowest BCUT2D eigenvalue weighted by Crippen LogP contribution is -2.42. The zero-order valence-corrected chi connectivity index (χ0v) is 13.0. The summed E-state index contributed by atoms with van der Waals surface area (Å²) in [5.74, 6) is -1.45. The molecule has 2 rings (SSSR count). The smallest absolute Gasteiger partial charge is 0.273 e. The van der Waals surface area contributed by atoms with Gasteiger partial charge in [0.15, 0.2) is 0 Å². The Morgan fingerprint density at radius 2 is 1.69 bits per heavy atom. The number of carbonyl (C=O) groups is 2. The van der Waals surface area contributed by atoms with Gasteiger partial charge in [0.05, 0.1) is 16.9 Å². The lowest BCUT2D eigenvalue weighted by atomic mass is 10.1. The van der Waals surface area contributed by atoms with Crippen LogP contribution in [0.3, 0.4) is 0 Å². The summed E-state index contributed by atoms with van der Waals surface area (Å²) in [6.07, 6.45) is -4.89. The van der Waals surface area contributed by atoms with Crippen molar-refractivity contribution < 1.29 is 27.7 Å². The largest absolute Gasteiger partial charge is 0.416 e. The Hall–Kier alpha value is -3.43. The van der Waals surface area contributed by atoms with Crippen molar-refractivity contribution in [2.75, 3.05) is 0 Å². The van der Waals surface area contributed by atoms with Gasteiger partial charge in [-0.15, -0.1) is 0 Å². The van der Waals surface area contributed by atoms with E-state index in [1.165, 1.54) is 24.3 Å². The van der Waals surface area contributed by atoms with E-state index in [0.717, 1.165) is 24.3 Å². The van der Waals surface area contributed by atoms with Gasteiger partial charge in [-0.3, -0.25) is 30.6 Å². The number of nitro groups is 1. The second kappa shape index (κ2) is 7.64. The molecule has 0 bridgehead atoms. The first-order valence-corrected chi connectivity index (χ1v) is 7.16. The van der Waals surface area contributed by atoms with E-state index in [9.17, 15) is 32.9 Å². The van der Waals surface area contributed by atoms with Crippen molar-refractivity contribution in [3.05, 3.63) is 75.3 Å². The third-order valence-electron chi connectivity index (χ3n) is 3.27. The number of nitrogens with zero attached hydrogens (tertiary/aromatic N) is 1. The molecule has 2 N–H and O–H groups in total. The monoisotopic (exact) mass is 367 g/mol. The molecule has 2 amide bonds. The number of rotatable bonds is 4. The van der Waals surface area contributed by atoms with Crippen molar-refractivity contribution in [1.82, 2.24) is 10.9 Å². The van der Waals surface area contributed by atoms with Crippen LogP contribution in [0.1, 0.15) is 21.5 Å². The van der Waals surface area contributed by atoms with Crippen LogP contribution in [0.4, 0.5) is 18.9 Å². The lowest BCUT2D eigenvalue weighted by molar-refractivity contribution is -0.384. The number of hydrazine groups is 1. The molecule has 0 unspecified atom stereocenters. The molecule has 0 atom stereocenters. The quantitative estimate of drug-likeness (QED) is 0.641. The van der Waals surface area contributed by atoms with Gasteiger partial charge in [-0.2, -0.15) is 13.2 Å². The highest BCUT2D eigenvalue weighted by Gasteiger charge is 2.30. The number of alkyl halides is 3. The summed E-state index contributed by atoms with van der Waals surface area (Å²) in [5.41, 5.74) is 3.27. The molecule has 0 radical (unpaired) electrons. The SMILES string of the molecule is O=C(Cc1cccc(C(F)(F)F)c1)NNC(=O)c1ccc([N+](=O)[O-])cc1. The standard InChI is InChI=1S/C16H12F3N3O4/c17-16(18,19)12-3-1-2-10(8-12)9-14(23)20-21-15(24)11-4-6-13(7-5-11)22(25)26/h1-8H,9H2,(H,20,23)(H,21,24). The van der Waals surface area contributed by atoms with E-state index < -0.39 is 28.5 Å². The summed E-state index contributed by atoms with van der Waals surface area (Å²) < 4.78 is 37.9. The topological polar surface area (TPSA) is 101 Å². The summed E-state index contributed by atoms with van der Waals surface area (Å²) in [4.78, 5) is 33.5. The molecule has 0 spiro atoms. The third kappa shape index (κ3) is 5.03. The molecule has 26 heavy (non-hydrogen) atoms. The van der Waals surface area contributed by atoms with E-state index in [1.54, 1.807) is 0 Å². The lowest BCUT2D eigenvalue weighted by Gasteiger charge is -2.10. The fourth-order valence-corrected chi connectivity index (χ4v) is 2.02. The van der Waals surface area contributed by atoms with E-state index in [-0.39, 0.29) is 23.2 Å². The number of non-ortho nitro benzene ring substituents is 1. The van der Waals surface area contributed by atoms with Gasteiger partial charge in [0.25, 0.3) is 11.6 Å². The van der Waals surface area contributed by atoms with Crippen LogP contribution in [0.5, 0.6) is 0 Å². The van der Waals surface area contributed by atoms with Gasteiger partial charge in [0.1, 0.15) is 0 Å². The predicted octanol–water partition coefficient (Wildman–Crippen LogP) is 2.62. The van der Waals surface area contributed by atoms with Gasteiger partial charge in [0.2, 0.25) is 5.91 Å². The van der Waals surface area contributed by atoms with Crippen LogP contribution in [0.15, 0.2) is 48.5 Å². The summed E-state index contributed by atoms with van der Waals surface area (Å²) in [6.45, 7) is 0. The zero-order valence-electron chi connectivity index (χ0n) is 13.0. The van der Waals surface area contributed by atoms with Gasteiger partial charge >= 0.3 is 6.18 Å². The molecule has 0 saturated heterocycles. The van der Waals surface area contributed by atoms with Crippen LogP contribution < -0.4 is 10.9 Å². The number of nitrogens with one attached hydrogen (secondary N) is 2. The Balaban J connectivity index is 1.92. The molecule has 2 aromatic rings. The number of hydrogen-bond acceptors (Lipinski definition) is 4. The first-order valence-electron chi connectivity index (χ1n) is 7.16. The number of nitro benzene ring substituents is 1. The molecular weight excluding hydrogens is 355 g/mol. The fourth-order valence-electron chi connectivity index (χ4n) is 2.02. The van der Waals surface area contributed by atoms with Crippen molar-refractivity contribution in [2.24, 2.45) is 0 Å². The molecule has 0 aliphatic carbocycles. The highest BCUT2D eigenvalue weighted by molar-refractivity contribution is 5.95. The van der Waals surface area contributed by atoms with Gasteiger partial charge < -0.3 is 0 Å². The van der Waals surface area contributed by atoms with E-state index >= 15 is 0 Å². The third-order valence-corrected chi connectivity index (χ3v) is 3.27. The van der Waals surface area contributed by atoms with Gasteiger partial charge in [-0.25, -0.2) is 0 Å². The minimum Gasteiger partial charge on any atom is -0.273 e. The van der Waals surface area contributed by atoms with Crippen LogP contribution in [0.2, 0.25) is 0 Å². The average Bonchev–Trinajstić information content (AvgIpc) is 2.59. The Morgan fingerprint density at radius 3 is 2.27 bits per heavy atom. The zero-order chi connectivity index (χ0) is 19.3. The normalized spacial score (nSPS) is 10.9. The van der Waals surface area contributed by atoms with E-state index in [0.29, 0.717) is 0 Å². The average molecular weight is 367 g/mol. The Bertz CT molecular complexity index is 835. The maximum atomic E-state index is 12.6. The van der Waals surface area contributed by atoms with Crippen LogP contribution in [0, 0.1) is 10.1 Å². The molecule has 0 heterocycles. The minimum atomic E-state index is -4.52. The summed E-state index contributed by atoms with van der Waals surface area (Å²) in [5, 5.41) is 10.5. The van der Waals surface area contributed by atoms with Crippen LogP contribution in [0.25, 0.3) is 0 Å². The van der Waals surface area contributed by atoms with Crippen LogP contribution >= 0.6 is 0 Å². The van der Waals surface area contributed by atoms with Crippen LogP contribution in [-0.2, 0) is 17.4 Å². The maximum absolute atomic E-state index is 12.6. The Morgan fingerprint density at radius 1 is 1.04 bits per heavy atom. The molecule has 2 aromatic carbocycles. The van der Waals surface area contributed by atoms with Crippen molar-refractivity contribution in [3.63, 3.8) is 0 Å². The number of hydrogen-bond donors (Lipinski definition) is 2. The van der Waals surface area contributed by atoms with Crippen molar-refractivity contribution >= 4 is 17.5 Å². The van der Waals surface area contributed by atoms with Gasteiger partial charge in [0, 0.05) is 17.7 Å². The number of halogens is 3. The second-order valence-electron chi connectivity index (χ2n) is 5.18. The van der Waals surface area contributed by atoms with Crippen LogP contribution in [-0.4, -0.2) is 16.7 Å². The number of benzene rings is 2. The highest BCUT2D eigenvalue weighted by atomic mass is 19.4. The van der Waals surface area contributed by atoms with Crippen molar-refractivity contribution in [3.8, 4) is 0 Å². The molecule has 0 aliphatic heterocycles. The number of carbonyl (C=O) groups excluding carboxylic acids is 2. The molecule has 0 saturated carbocycles. The molecular formula is C16H12F3N3O4. The van der Waals surface area contributed by atoms with E-state index in [4.69, 9.17) is 0 Å². The predicted molar refractivity (Wildman–Crippen MR) is 83.9 cm³/mol. The van der Waals surface area contributed by atoms with Gasteiger partial charge in [-0.05, 0) is 23.8 Å². The number of amides is 2. The first kappa shape index (κ1) is 18.9. The van der Waals surface area contributed by atoms with Crippen molar-refractivity contribution in [1.29, 1.82) is 0 Å². The van der Waals surface area contributed by atoms with E-state index in [1.807, 2.05) is 0 Å². The molecule has 0 aliphatic rings. The second-order valence-corrected chi connectivity index (χ2v) is 5.18. The molecule has 7 nitrogen and oxygen atoms in total. The van der Waals surface area contributed by atoms with Gasteiger partial charge in [-0.1, -0.05) is 18.2 Å². The summed E-state index contributed by atoms with van der Waals surface area (Å²) in [7, 11) is 0. The van der Waals surface area contributed by atoms with E-state index in [2.05, 4.69) is 10.9 Å². The molecule has 136 valence electrons. The summed E-state index contributed by atoms with van der Waals surface area (Å²) in [6, 6.07) is 8.92. The molecule has 10 heteroatoms. The maximum Gasteiger partial charge on any atom is 0.416 e. The minimum absolute atomic E-state index is 0.0648. The molecule has 0 fully saturated rings. The van der Waals surface area contributed by atoms with Crippen molar-refractivity contribution in [2.45, 2.75) is 12.6 Å².